The summed E-state index contributed by atoms with van der Waals surface area (Å²) in [5, 5.41) is 0. The van der Waals surface area contributed by atoms with Gasteiger partial charge in [-0.2, -0.15) is 0 Å². The Bertz CT molecular complexity index is 128. The predicted octanol–water partition coefficient (Wildman–Crippen LogP) is 1.86. The summed E-state index contributed by atoms with van der Waals surface area (Å²) in [4.78, 5) is 0. The van der Waals surface area contributed by atoms with Crippen LogP contribution in [0.15, 0.2) is 23.3 Å². The van der Waals surface area contributed by atoms with Crippen LogP contribution < -0.4 is 5.73 Å². The summed E-state index contributed by atoms with van der Waals surface area (Å²) < 4.78 is 0. The highest BCUT2D eigenvalue weighted by atomic mass is 14.5. The van der Waals surface area contributed by atoms with E-state index in [1.807, 2.05) is 6.92 Å². The smallest absolute Gasteiger partial charge is 0.0137 e. The second-order valence-electron chi connectivity index (χ2n) is 2.46. The molecule has 0 spiro atoms. The molecule has 0 aromatic rings. The van der Waals surface area contributed by atoms with E-state index in [2.05, 4.69) is 26.0 Å². The first-order valence-corrected chi connectivity index (χ1v) is 3.17. The van der Waals surface area contributed by atoms with Gasteiger partial charge in [0.1, 0.15) is 0 Å². The van der Waals surface area contributed by atoms with E-state index in [0.717, 1.165) is 0 Å². The molecule has 0 amide bonds. The van der Waals surface area contributed by atoms with Crippen molar-refractivity contribution in [2.75, 3.05) is 6.54 Å². The third-order valence-corrected chi connectivity index (χ3v) is 1.02. The number of allylic oxidation sites excluding steroid dienone is 3. The van der Waals surface area contributed by atoms with Gasteiger partial charge in [0.15, 0.2) is 0 Å². The van der Waals surface area contributed by atoms with Gasteiger partial charge in [-0.3, -0.25) is 0 Å². The molecule has 52 valence electrons. The lowest BCUT2D eigenvalue weighted by Gasteiger charge is -1.90. The molecular weight excluding hydrogens is 110 g/mol. The fraction of sp³-hybridized carbons (Fsp3) is 0.500. The number of hydrogen-bond donors (Lipinski definition) is 1. The van der Waals surface area contributed by atoms with Gasteiger partial charge in [0.2, 0.25) is 0 Å². The van der Waals surface area contributed by atoms with E-state index in [4.69, 9.17) is 5.73 Å². The molecule has 0 aliphatic rings. The SMILES string of the molecule is CC(C)=C/C=C(\C)CN. The lowest BCUT2D eigenvalue weighted by molar-refractivity contribution is 1.14. The molecule has 0 saturated heterocycles. The molecule has 2 N–H and O–H groups in total. The lowest BCUT2D eigenvalue weighted by Crippen LogP contribution is -1.98. The molecule has 0 aromatic carbocycles. The first-order valence-electron chi connectivity index (χ1n) is 3.17. The van der Waals surface area contributed by atoms with E-state index in [1.54, 1.807) is 0 Å². The van der Waals surface area contributed by atoms with Crippen LogP contribution in [0.25, 0.3) is 0 Å². The standard InChI is InChI=1S/C8H15N/c1-7(2)4-5-8(3)6-9/h4-5H,6,9H2,1-3H3/b8-5+. The van der Waals surface area contributed by atoms with E-state index in [-0.39, 0.29) is 0 Å². The van der Waals surface area contributed by atoms with Gasteiger partial charge in [-0.25, -0.2) is 0 Å². The molecular formula is C8H15N. The van der Waals surface area contributed by atoms with Crippen molar-refractivity contribution in [2.24, 2.45) is 5.73 Å². The Morgan fingerprint density at radius 1 is 1.22 bits per heavy atom. The maximum atomic E-state index is 5.36. The Labute approximate surface area is 57.3 Å². The minimum Gasteiger partial charge on any atom is -0.327 e. The third-order valence-electron chi connectivity index (χ3n) is 1.02. The fourth-order valence-electron chi connectivity index (χ4n) is 0.377. The van der Waals surface area contributed by atoms with E-state index in [0.29, 0.717) is 6.54 Å². The maximum Gasteiger partial charge on any atom is 0.0137 e. The van der Waals surface area contributed by atoms with Gasteiger partial charge < -0.3 is 5.73 Å². The van der Waals surface area contributed by atoms with Crippen molar-refractivity contribution in [1.29, 1.82) is 0 Å². The molecule has 0 rings (SSSR count). The second-order valence-corrected chi connectivity index (χ2v) is 2.46. The van der Waals surface area contributed by atoms with Crippen molar-refractivity contribution in [3.05, 3.63) is 23.3 Å². The van der Waals surface area contributed by atoms with Gasteiger partial charge in [-0.05, 0) is 20.8 Å². The molecule has 0 unspecified atom stereocenters. The first-order chi connectivity index (χ1) is 4.16. The normalized spacial score (nSPS) is 11.3. The molecule has 1 nitrogen and oxygen atoms in total. The van der Waals surface area contributed by atoms with Crippen molar-refractivity contribution in [1.82, 2.24) is 0 Å². The van der Waals surface area contributed by atoms with Gasteiger partial charge in [0, 0.05) is 6.54 Å². The van der Waals surface area contributed by atoms with Gasteiger partial charge in [0.25, 0.3) is 0 Å². The molecule has 0 heterocycles. The Kier molecular flexibility index (Phi) is 4.06. The molecule has 1 heteroatoms. The monoisotopic (exact) mass is 125 g/mol. The van der Waals surface area contributed by atoms with Crippen LogP contribution >= 0.6 is 0 Å². The molecule has 0 bridgehead atoms. The molecule has 0 aliphatic heterocycles. The number of rotatable bonds is 2. The van der Waals surface area contributed by atoms with Crippen LogP contribution in [0.5, 0.6) is 0 Å². The van der Waals surface area contributed by atoms with Crippen LogP contribution in [0.1, 0.15) is 20.8 Å². The Balaban J connectivity index is 3.83. The lowest BCUT2D eigenvalue weighted by atomic mass is 10.2. The zero-order valence-corrected chi connectivity index (χ0v) is 6.44. The predicted molar refractivity (Wildman–Crippen MR) is 42.2 cm³/mol. The van der Waals surface area contributed by atoms with Crippen molar-refractivity contribution in [3.63, 3.8) is 0 Å². The van der Waals surface area contributed by atoms with Crippen LogP contribution in [0, 0.1) is 0 Å². The van der Waals surface area contributed by atoms with Gasteiger partial charge >= 0.3 is 0 Å². The van der Waals surface area contributed by atoms with Crippen LogP contribution in [-0.4, -0.2) is 6.54 Å². The third kappa shape index (κ3) is 5.31. The summed E-state index contributed by atoms with van der Waals surface area (Å²) in [7, 11) is 0. The topological polar surface area (TPSA) is 26.0 Å². The Morgan fingerprint density at radius 2 is 1.78 bits per heavy atom. The quantitative estimate of drug-likeness (QED) is 0.560. The number of nitrogens with two attached hydrogens (primary N) is 1. The zero-order chi connectivity index (χ0) is 7.28. The first kappa shape index (κ1) is 8.44. The summed E-state index contributed by atoms with van der Waals surface area (Å²) >= 11 is 0. The van der Waals surface area contributed by atoms with E-state index in [1.165, 1.54) is 11.1 Å². The van der Waals surface area contributed by atoms with Crippen molar-refractivity contribution in [3.8, 4) is 0 Å². The summed E-state index contributed by atoms with van der Waals surface area (Å²) in [6, 6.07) is 0. The molecule has 9 heavy (non-hydrogen) atoms. The molecule has 0 atom stereocenters. The van der Waals surface area contributed by atoms with Crippen LogP contribution in [0.4, 0.5) is 0 Å². The highest BCUT2D eigenvalue weighted by Gasteiger charge is 1.78. The van der Waals surface area contributed by atoms with E-state index < -0.39 is 0 Å². The fourth-order valence-corrected chi connectivity index (χ4v) is 0.377. The molecule has 0 radical (unpaired) electrons. The molecule has 0 aliphatic carbocycles. The van der Waals surface area contributed by atoms with Crippen molar-refractivity contribution < 1.29 is 0 Å². The second kappa shape index (κ2) is 4.33. The maximum absolute atomic E-state index is 5.36. The average Bonchev–Trinajstić information content (AvgIpc) is 1.83. The molecule has 0 aromatic heterocycles. The van der Waals surface area contributed by atoms with Gasteiger partial charge in [0.05, 0.1) is 0 Å². The summed E-state index contributed by atoms with van der Waals surface area (Å²) in [6.07, 6.45) is 4.12. The van der Waals surface area contributed by atoms with Crippen LogP contribution in [-0.2, 0) is 0 Å². The van der Waals surface area contributed by atoms with E-state index >= 15 is 0 Å². The zero-order valence-electron chi connectivity index (χ0n) is 6.44. The van der Waals surface area contributed by atoms with Crippen LogP contribution in [0.2, 0.25) is 0 Å². The minimum atomic E-state index is 0.657. The Hall–Kier alpha value is -0.560. The molecule has 0 saturated carbocycles. The highest BCUT2D eigenvalue weighted by Crippen LogP contribution is 1.93. The summed E-state index contributed by atoms with van der Waals surface area (Å²) in [6.45, 7) is 6.82. The van der Waals surface area contributed by atoms with Gasteiger partial charge in [-0.1, -0.05) is 23.3 Å². The van der Waals surface area contributed by atoms with Gasteiger partial charge in [-0.15, -0.1) is 0 Å². The Morgan fingerprint density at radius 3 is 2.11 bits per heavy atom. The number of hydrogen-bond acceptors (Lipinski definition) is 1. The van der Waals surface area contributed by atoms with Crippen LogP contribution in [0.3, 0.4) is 0 Å². The minimum absolute atomic E-state index is 0.657. The summed E-state index contributed by atoms with van der Waals surface area (Å²) in [5.74, 6) is 0. The largest absolute Gasteiger partial charge is 0.327 e. The van der Waals surface area contributed by atoms with Crippen molar-refractivity contribution in [2.45, 2.75) is 20.8 Å². The average molecular weight is 125 g/mol. The summed E-state index contributed by atoms with van der Waals surface area (Å²) in [5.41, 5.74) is 7.89. The van der Waals surface area contributed by atoms with E-state index in [9.17, 15) is 0 Å². The van der Waals surface area contributed by atoms with Crippen molar-refractivity contribution >= 4 is 0 Å². The molecule has 0 fully saturated rings. The highest BCUT2D eigenvalue weighted by molar-refractivity contribution is 5.14.